The van der Waals surface area contributed by atoms with Crippen molar-refractivity contribution in [3.05, 3.63) is 48.1 Å². The third kappa shape index (κ3) is 3.84. The SMILES string of the molecule is COc1cccc(-c2nc3sccn3c2-c2ccnc(N[C@@H]3CCCN(C(=O)O)C3)n2)c1. The van der Waals surface area contributed by atoms with Gasteiger partial charge >= 0.3 is 6.09 Å². The molecule has 0 radical (unpaired) electrons. The quantitative estimate of drug-likeness (QED) is 0.472. The lowest BCUT2D eigenvalue weighted by Gasteiger charge is -2.31. The number of rotatable bonds is 5. The molecule has 1 aliphatic heterocycles. The number of ether oxygens (including phenoxy) is 1. The lowest BCUT2D eigenvalue weighted by atomic mass is 10.1. The third-order valence-electron chi connectivity index (χ3n) is 5.53. The van der Waals surface area contributed by atoms with Crippen LogP contribution in [0.5, 0.6) is 5.75 Å². The molecule has 4 heterocycles. The Balaban J connectivity index is 1.51. The molecule has 0 aliphatic carbocycles. The van der Waals surface area contributed by atoms with Crippen LogP contribution in [-0.2, 0) is 0 Å². The maximum Gasteiger partial charge on any atom is 0.407 e. The van der Waals surface area contributed by atoms with Crippen LogP contribution in [-0.4, -0.2) is 61.7 Å². The average Bonchev–Trinajstić information content (AvgIpc) is 3.41. The van der Waals surface area contributed by atoms with E-state index in [1.807, 2.05) is 46.3 Å². The molecular weight excluding hydrogens is 428 g/mol. The van der Waals surface area contributed by atoms with Crippen molar-refractivity contribution in [1.29, 1.82) is 0 Å². The van der Waals surface area contributed by atoms with Crippen molar-refractivity contribution in [3.63, 3.8) is 0 Å². The average molecular weight is 451 g/mol. The number of carboxylic acid groups (broad SMARTS) is 1. The molecule has 10 heteroatoms. The third-order valence-corrected chi connectivity index (χ3v) is 6.29. The van der Waals surface area contributed by atoms with E-state index in [1.54, 1.807) is 24.6 Å². The zero-order valence-corrected chi connectivity index (χ0v) is 18.2. The number of thiazole rings is 1. The van der Waals surface area contributed by atoms with Crippen LogP contribution in [0, 0.1) is 0 Å². The molecule has 0 bridgehead atoms. The van der Waals surface area contributed by atoms with Gasteiger partial charge in [0.05, 0.1) is 18.5 Å². The van der Waals surface area contributed by atoms with Crippen LogP contribution in [0.25, 0.3) is 27.6 Å². The molecule has 1 atom stereocenters. The molecule has 1 aliphatic rings. The Morgan fingerprint density at radius 3 is 3.06 bits per heavy atom. The fourth-order valence-electron chi connectivity index (χ4n) is 4.01. The first kappa shape index (κ1) is 20.3. The Labute approximate surface area is 188 Å². The molecule has 1 amide bonds. The smallest absolute Gasteiger partial charge is 0.407 e. The van der Waals surface area contributed by atoms with E-state index >= 15 is 0 Å². The van der Waals surface area contributed by atoms with Gasteiger partial charge in [0.25, 0.3) is 0 Å². The summed E-state index contributed by atoms with van der Waals surface area (Å²) in [5, 5.41) is 14.6. The summed E-state index contributed by atoms with van der Waals surface area (Å²) in [6.07, 6.45) is 4.47. The van der Waals surface area contributed by atoms with Crippen LogP contribution in [0.4, 0.5) is 10.7 Å². The van der Waals surface area contributed by atoms with E-state index in [0.717, 1.165) is 46.2 Å². The molecule has 1 saturated heterocycles. The highest BCUT2D eigenvalue weighted by Crippen LogP contribution is 2.35. The Bertz CT molecular complexity index is 1270. The molecule has 32 heavy (non-hydrogen) atoms. The van der Waals surface area contributed by atoms with Gasteiger partial charge in [-0.05, 0) is 31.0 Å². The van der Waals surface area contributed by atoms with Crippen LogP contribution in [0.2, 0.25) is 0 Å². The number of imidazole rings is 1. The van der Waals surface area contributed by atoms with Gasteiger partial charge in [-0.1, -0.05) is 12.1 Å². The number of anilines is 1. The lowest BCUT2D eigenvalue weighted by molar-refractivity contribution is 0.132. The molecule has 1 fully saturated rings. The second-order valence-corrected chi connectivity index (χ2v) is 8.45. The summed E-state index contributed by atoms with van der Waals surface area (Å²) in [7, 11) is 1.64. The zero-order chi connectivity index (χ0) is 22.1. The van der Waals surface area contributed by atoms with E-state index in [0.29, 0.717) is 19.0 Å². The summed E-state index contributed by atoms with van der Waals surface area (Å²) in [5.74, 6) is 1.23. The predicted molar refractivity (Wildman–Crippen MR) is 122 cm³/mol. The maximum atomic E-state index is 11.3. The number of hydrogen-bond acceptors (Lipinski definition) is 7. The second-order valence-electron chi connectivity index (χ2n) is 7.57. The highest BCUT2D eigenvalue weighted by atomic mass is 32.1. The molecule has 2 N–H and O–H groups in total. The largest absolute Gasteiger partial charge is 0.497 e. The number of hydrogen-bond donors (Lipinski definition) is 2. The highest BCUT2D eigenvalue weighted by Gasteiger charge is 2.24. The second kappa shape index (κ2) is 8.46. The van der Waals surface area contributed by atoms with Crippen LogP contribution in [0.1, 0.15) is 12.8 Å². The van der Waals surface area contributed by atoms with Crippen LogP contribution < -0.4 is 10.1 Å². The first-order chi connectivity index (χ1) is 15.6. The van der Waals surface area contributed by atoms with Gasteiger partial charge in [-0.3, -0.25) is 4.40 Å². The number of amides is 1. The van der Waals surface area contributed by atoms with Crippen molar-refractivity contribution in [2.45, 2.75) is 18.9 Å². The molecule has 3 aromatic heterocycles. The van der Waals surface area contributed by atoms with Gasteiger partial charge in [-0.15, -0.1) is 11.3 Å². The molecule has 1 aromatic carbocycles. The minimum atomic E-state index is -0.895. The van der Waals surface area contributed by atoms with Gasteiger partial charge in [-0.25, -0.2) is 19.7 Å². The fourth-order valence-corrected chi connectivity index (χ4v) is 4.73. The summed E-state index contributed by atoms with van der Waals surface area (Å²) in [5.41, 5.74) is 3.36. The normalized spacial score (nSPS) is 16.3. The first-order valence-corrected chi connectivity index (χ1v) is 11.2. The monoisotopic (exact) mass is 450 g/mol. The Hall–Kier alpha value is -3.66. The molecular formula is C22H22N6O3S. The van der Waals surface area contributed by atoms with Crippen molar-refractivity contribution in [1.82, 2.24) is 24.3 Å². The highest BCUT2D eigenvalue weighted by molar-refractivity contribution is 7.15. The van der Waals surface area contributed by atoms with Crippen molar-refractivity contribution < 1.29 is 14.6 Å². The number of benzene rings is 1. The number of carbonyl (C=O) groups is 1. The molecule has 0 saturated carbocycles. The Kier molecular flexibility index (Phi) is 5.36. The van der Waals surface area contributed by atoms with Gasteiger partial charge in [0.2, 0.25) is 5.95 Å². The van der Waals surface area contributed by atoms with Gasteiger partial charge in [0, 0.05) is 42.5 Å². The molecule has 5 rings (SSSR count). The van der Waals surface area contributed by atoms with Crippen molar-refractivity contribution in [2.75, 3.05) is 25.5 Å². The minimum Gasteiger partial charge on any atom is -0.497 e. The summed E-state index contributed by atoms with van der Waals surface area (Å²) in [6.45, 7) is 0.976. The van der Waals surface area contributed by atoms with Crippen LogP contribution in [0.3, 0.4) is 0 Å². The summed E-state index contributed by atoms with van der Waals surface area (Å²) in [4.78, 5) is 27.6. The van der Waals surface area contributed by atoms with E-state index in [4.69, 9.17) is 14.7 Å². The van der Waals surface area contributed by atoms with Gasteiger partial charge < -0.3 is 20.1 Å². The van der Waals surface area contributed by atoms with Crippen molar-refractivity contribution >= 4 is 28.3 Å². The number of aromatic nitrogens is 4. The first-order valence-electron chi connectivity index (χ1n) is 10.3. The molecule has 4 aromatic rings. The lowest BCUT2D eigenvalue weighted by Crippen LogP contribution is -2.44. The molecule has 0 unspecified atom stereocenters. The summed E-state index contributed by atoms with van der Waals surface area (Å²) in [6, 6.07) is 9.63. The number of nitrogens with zero attached hydrogens (tertiary/aromatic N) is 5. The van der Waals surface area contributed by atoms with E-state index in [2.05, 4.69) is 10.3 Å². The summed E-state index contributed by atoms with van der Waals surface area (Å²) < 4.78 is 7.42. The fraction of sp³-hybridized carbons (Fsp3) is 0.273. The number of fused-ring (bicyclic) bond motifs is 1. The molecule has 9 nitrogen and oxygen atoms in total. The van der Waals surface area contributed by atoms with E-state index < -0.39 is 6.09 Å². The zero-order valence-electron chi connectivity index (χ0n) is 17.4. The van der Waals surface area contributed by atoms with Gasteiger partial charge in [0.15, 0.2) is 4.96 Å². The maximum absolute atomic E-state index is 11.3. The Morgan fingerprint density at radius 1 is 1.31 bits per heavy atom. The van der Waals surface area contributed by atoms with Crippen LogP contribution >= 0.6 is 11.3 Å². The minimum absolute atomic E-state index is 0.0282. The van der Waals surface area contributed by atoms with Crippen molar-refractivity contribution in [2.24, 2.45) is 0 Å². The van der Waals surface area contributed by atoms with E-state index in [-0.39, 0.29) is 6.04 Å². The topological polar surface area (TPSA) is 105 Å². The predicted octanol–water partition coefficient (Wildman–Crippen LogP) is 4.08. The van der Waals surface area contributed by atoms with Gasteiger partial charge in [-0.2, -0.15) is 0 Å². The van der Waals surface area contributed by atoms with E-state index in [1.165, 1.54) is 4.90 Å². The van der Waals surface area contributed by atoms with Gasteiger partial charge in [0.1, 0.15) is 11.4 Å². The number of likely N-dealkylation sites (tertiary alicyclic amines) is 1. The molecule has 164 valence electrons. The molecule has 0 spiro atoms. The summed E-state index contributed by atoms with van der Waals surface area (Å²) >= 11 is 1.56. The van der Waals surface area contributed by atoms with Crippen molar-refractivity contribution in [3.8, 4) is 28.4 Å². The standard InChI is InChI=1S/C22H22N6O3S/c1-31-16-6-2-4-14(12-16)18-19(28-10-11-32-21(28)26-18)17-7-8-23-20(25-17)24-15-5-3-9-27(13-15)22(29)30/h2,4,6-8,10-12,15H,3,5,9,13H2,1H3,(H,29,30)(H,23,24,25)/t15-/m1/s1. The number of nitrogens with one attached hydrogen (secondary N) is 1. The van der Waals surface area contributed by atoms with E-state index in [9.17, 15) is 9.90 Å². The van der Waals surface area contributed by atoms with Crippen LogP contribution in [0.15, 0.2) is 48.1 Å². The Morgan fingerprint density at radius 2 is 2.22 bits per heavy atom. The number of piperidine rings is 1. The number of methoxy groups -OCH3 is 1.